The van der Waals surface area contributed by atoms with Gasteiger partial charge in [-0.05, 0) is 56.4 Å². The van der Waals surface area contributed by atoms with Gasteiger partial charge in [-0.3, -0.25) is 4.79 Å². The quantitative estimate of drug-likeness (QED) is 0.179. The Kier molecular flexibility index (Phi) is 5.56. The summed E-state index contributed by atoms with van der Waals surface area (Å²) in [5, 5.41) is 0.599. The number of esters is 2. The highest BCUT2D eigenvalue weighted by Crippen LogP contribution is 2.49. The minimum Gasteiger partial charge on any atom is -0.497 e. The molecule has 0 amide bonds. The van der Waals surface area contributed by atoms with Crippen LogP contribution in [0.25, 0.3) is 10.9 Å². The number of aromatic nitrogens is 1. The van der Waals surface area contributed by atoms with Crippen molar-refractivity contribution in [1.82, 2.24) is 4.98 Å². The number of ether oxygens (including phenoxy) is 4. The second-order valence-corrected chi connectivity index (χ2v) is 9.31. The molecular weight excluding hydrogens is 438 g/mol. The van der Waals surface area contributed by atoms with Crippen LogP contribution in [0, 0.1) is 5.92 Å². The highest BCUT2D eigenvalue weighted by Gasteiger charge is 2.61. The Labute approximate surface area is 196 Å². The van der Waals surface area contributed by atoms with E-state index in [1.165, 1.54) is 13.3 Å². The number of benzene rings is 1. The van der Waals surface area contributed by atoms with Gasteiger partial charge in [-0.15, -0.1) is 0 Å². The zero-order chi connectivity index (χ0) is 24.0. The lowest BCUT2D eigenvalue weighted by atomic mass is 9.84. The van der Waals surface area contributed by atoms with Crippen molar-refractivity contribution in [3.8, 4) is 5.75 Å². The molecule has 1 N–H and O–H groups in total. The molecule has 5 rings (SSSR count). The average molecular weight is 466 g/mol. The maximum Gasteiger partial charge on any atom is 0.380 e. The van der Waals surface area contributed by atoms with Crippen molar-refractivity contribution in [1.29, 1.82) is 0 Å². The Balaban J connectivity index is 1.27. The number of H-pyrrole nitrogens is 1. The number of hydrogen-bond donors (Lipinski definition) is 1. The summed E-state index contributed by atoms with van der Waals surface area (Å²) in [4.78, 5) is 40.5. The van der Waals surface area contributed by atoms with Crippen LogP contribution in [0.1, 0.15) is 43.0 Å². The van der Waals surface area contributed by atoms with E-state index in [-0.39, 0.29) is 41.9 Å². The number of allylic oxidation sites excluding steroid dienone is 1. The molecule has 1 aromatic carbocycles. The number of aromatic amines is 1. The number of fused-ring (bicyclic) bond motifs is 4. The summed E-state index contributed by atoms with van der Waals surface area (Å²) in [6, 6.07) is 5.27. The lowest BCUT2D eigenvalue weighted by Gasteiger charge is -2.20. The molecule has 1 aromatic heterocycles. The predicted octanol–water partition coefficient (Wildman–Crippen LogP) is 3.66. The molecule has 1 aliphatic carbocycles. The molecule has 2 aromatic rings. The highest BCUT2D eigenvalue weighted by atomic mass is 16.6. The fourth-order valence-electron chi connectivity index (χ4n) is 5.00. The van der Waals surface area contributed by atoms with E-state index in [0.717, 1.165) is 23.9 Å². The van der Waals surface area contributed by atoms with Crippen LogP contribution in [0.3, 0.4) is 0 Å². The lowest BCUT2D eigenvalue weighted by Crippen LogP contribution is -2.29. The molecule has 178 valence electrons. The third-order valence-electron chi connectivity index (χ3n) is 7.15. The minimum absolute atomic E-state index is 0.00984. The van der Waals surface area contributed by atoms with Crippen LogP contribution in [-0.2, 0) is 23.8 Å². The molecule has 0 bridgehead atoms. The van der Waals surface area contributed by atoms with Crippen LogP contribution in [0.2, 0.25) is 0 Å². The van der Waals surface area contributed by atoms with Crippen LogP contribution in [0.15, 0.2) is 48.2 Å². The smallest absolute Gasteiger partial charge is 0.380 e. The maximum absolute atomic E-state index is 12.8. The van der Waals surface area contributed by atoms with E-state index in [4.69, 9.17) is 18.9 Å². The van der Waals surface area contributed by atoms with Gasteiger partial charge in [-0.2, -0.15) is 0 Å². The van der Waals surface area contributed by atoms with Gasteiger partial charge in [-0.25, -0.2) is 9.59 Å². The zero-order valence-corrected chi connectivity index (χ0v) is 19.2. The van der Waals surface area contributed by atoms with Crippen LogP contribution < -0.4 is 4.74 Å². The topological polar surface area (TPSA) is 107 Å². The third-order valence-corrected chi connectivity index (χ3v) is 7.15. The largest absolute Gasteiger partial charge is 0.497 e. The van der Waals surface area contributed by atoms with E-state index >= 15 is 0 Å². The Morgan fingerprint density at radius 2 is 2.15 bits per heavy atom. The van der Waals surface area contributed by atoms with E-state index in [9.17, 15) is 14.4 Å². The predicted molar refractivity (Wildman–Crippen MR) is 122 cm³/mol. The second-order valence-electron chi connectivity index (χ2n) is 9.31. The molecular formula is C26H27NO7. The van der Waals surface area contributed by atoms with E-state index in [0.29, 0.717) is 29.6 Å². The van der Waals surface area contributed by atoms with Crippen molar-refractivity contribution in [2.24, 2.45) is 5.92 Å². The Morgan fingerprint density at radius 3 is 2.94 bits per heavy atom. The lowest BCUT2D eigenvalue weighted by molar-refractivity contribution is -0.140. The van der Waals surface area contributed by atoms with Crippen LogP contribution in [0.4, 0.5) is 0 Å². The van der Waals surface area contributed by atoms with Crippen molar-refractivity contribution in [3.63, 3.8) is 0 Å². The van der Waals surface area contributed by atoms with E-state index in [2.05, 4.69) is 11.6 Å². The molecule has 8 heteroatoms. The number of carbonyl (C=O) groups is 3. The number of Topliss-reactive ketones (excluding diaryl/α,β-unsaturated/α-hetero) is 1. The summed E-state index contributed by atoms with van der Waals surface area (Å²) in [6.07, 6.45) is 5.84. The molecule has 0 radical (unpaired) electrons. The molecule has 8 nitrogen and oxygen atoms in total. The van der Waals surface area contributed by atoms with Gasteiger partial charge in [0.1, 0.15) is 24.6 Å². The van der Waals surface area contributed by atoms with Crippen molar-refractivity contribution in [3.05, 3.63) is 53.8 Å². The standard InChI is InChI=1S/C26H27NO7/c1-14-17-8-6-15(5-4-10-26(2)23(34-26)22(17)33-24(14)29)13-32-25(30)21(28)19-12-27-20-9-7-16(31-3)11-18(19)20/h5,7,9,11-12,17,22-23,27H,1,4,6,8,10,13H2,2-3H3/b15-5+/t17-,22-,23-,26+/m0/s1. The van der Waals surface area contributed by atoms with Gasteiger partial charge in [0.05, 0.1) is 18.3 Å². The summed E-state index contributed by atoms with van der Waals surface area (Å²) < 4.78 is 22.1. The van der Waals surface area contributed by atoms with Gasteiger partial charge < -0.3 is 23.9 Å². The fourth-order valence-corrected chi connectivity index (χ4v) is 5.00. The number of carbonyl (C=O) groups excluding carboxylic acids is 3. The number of ketones is 1. The van der Waals surface area contributed by atoms with Gasteiger partial charge in [0, 0.05) is 28.6 Å². The minimum atomic E-state index is -0.916. The molecule has 0 unspecified atom stereocenters. The van der Waals surface area contributed by atoms with Gasteiger partial charge in [-0.1, -0.05) is 12.7 Å². The van der Waals surface area contributed by atoms with Crippen molar-refractivity contribution in [2.75, 3.05) is 13.7 Å². The van der Waals surface area contributed by atoms with Gasteiger partial charge in [0.25, 0.3) is 5.78 Å². The SMILES string of the molecule is C=C1C(=O)O[C@H]2[C@H]1CC/C(COC(=O)C(=O)c1c[nH]c3ccc(OC)cc13)=C\CC[C@@]1(C)O[C@@H]21. The molecule has 0 spiro atoms. The van der Waals surface area contributed by atoms with Crippen molar-refractivity contribution in [2.45, 2.75) is 50.4 Å². The first kappa shape index (κ1) is 22.4. The van der Waals surface area contributed by atoms with E-state index in [1.807, 2.05) is 13.0 Å². The first-order valence-corrected chi connectivity index (χ1v) is 11.4. The zero-order valence-electron chi connectivity index (χ0n) is 19.2. The molecule has 0 saturated carbocycles. The summed E-state index contributed by atoms with van der Waals surface area (Å²) >= 11 is 0. The van der Waals surface area contributed by atoms with Crippen LogP contribution >= 0.6 is 0 Å². The van der Waals surface area contributed by atoms with E-state index < -0.39 is 11.8 Å². The first-order chi connectivity index (χ1) is 16.3. The molecule has 3 aliphatic rings. The summed E-state index contributed by atoms with van der Waals surface area (Å²) in [5.74, 6) is -1.55. The third kappa shape index (κ3) is 3.92. The van der Waals surface area contributed by atoms with Gasteiger partial charge >= 0.3 is 11.9 Å². The molecule has 2 aliphatic heterocycles. The van der Waals surface area contributed by atoms with Crippen LogP contribution in [-0.4, -0.2) is 54.2 Å². The summed E-state index contributed by atoms with van der Waals surface area (Å²) in [6.45, 7) is 5.95. The molecule has 2 saturated heterocycles. The molecule has 2 fully saturated rings. The maximum atomic E-state index is 12.8. The Hall–Kier alpha value is -3.39. The second kappa shape index (κ2) is 8.43. The monoisotopic (exact) mass is 465 g/mol. The summed E-state index contributed by atoms with van der Waals surface area (Å²) in [7, 11) is 1.54. The fraction of sp³-hybridized carbons (Fsp3) is 0.423. The molecule has 3 heterocycles. The van der Waals surface area contributed by atoms with Gasteiger partial charge in [0.2, 0.25) is 0 Å². The summed E-state index contributed by atoms with van der Waals surface area (Å²) in [5.41, 5.74) is 1.99. The normalized spacial score (nSPS) is 29.9. The molecule has 34 heavy (non-hydrogen) atoms. The van der Waals surface area contributed by atoms with Crippen molar-refractivity contribution >= 4 is 28.6 Å². The average Bonchev–Trinajstić information content (AvgIpc) is 3.18. The number of epoxide rings is 1. The van der Waals surface area contributed by atoms with Crippen molar-refractivity contribution < 1.29 is 33.3 Å². The number of hydrogen-bond acceptors (Lipinski definition) is 7. The Morgan fingerprint density at radius 1 is 1.32 bits per heavy atom. The Bertz CT molecular complexity index is 1220. The highest BCUT2D eigenvalue weighted by molar-refractivity contribution is 6.43. The van der Waals surface area contributed by atoms with Gasteiger partial charge in [0.15, 0.2) is 0 Å². The number of methoxy groups -OCH3 is 1. The van der Waals surface area contributed by atoms with E-state index in [1.54, 1.807) is 18.2 Å². The van der Waals surface area contributed by atoms with Crippen LogP contribution in [0.5, 0.6) is 5.75 Å². The number of rotatable bonds is 5. The first-order valence-electron chi connectivity index (χ1n) is 11.4. The molecule has 4 atom stereocenters. The number of nitrogens with one attached hydrogen (secondary N) is 1.